The van der Waals surface area contributed by atoms with Crippen LogP contribution in [0.25, 0.3) is 5.65 Å². The maximum atomic E-state index is 14.0. The fraction of sp³-hybridized carbons (Fsp3) is 0.316. The van der Waals surface area contributed by atoms with Crippen molar-refractivity contribution in [1.82, 2.24) is 19.9 Å². The zero-order valence-electron chi connectivity index (χ0n) is 15.1. The van der Waals surface area contributed by atoms with Crippen molar-refractivity contribution >= 4 is 23.2 Å². The van der Waals surface area contributed by atoms with Crippen molar-refractivity contribution in [2.24, 2.45) is 0 Å². The molecule has 3 N–H and O–H groups in total. The Hall–Kier alpha value is -3.36. The molecule has 9 heteroatoms. The predicted molar refractivity (Wildman–Crippen MR) is 101 cm³/mol. The van der Waals surface area contributed by atoms with Crippen LogP contribution in [-0.2, 0) is 0 Å². The number of carbonyl (C=O) groups is 1. The lowest BCUT2D eigenvalue weighted by Crippen LogP contribution is -2.28. The Labute approximate surface area is 160 Å². The van der Waals surface area contributed by atoms with E-state index in [4.69, 9.17) is 10.5 Å². The summed E-state index contributed by atoms with van der Waals surface area (Å²) in [5.41, 5.74) is 7.41. The molecule has 144 valence electrons. The van der Waals surface area contributed by atoms with Crippen molar-refractivity contribution < 1.29 is 13.9 Å². The number of nitrogen functional groups attached to an aromatic ring is 1. The summed E-state index contributed by atoms with van der Waals surface area (Å²) in [4.78, 5) is 19.4. The number of amides is 1. The molecule has 28 heavy (non-hydrogen) atoms. The lowest BCUT2D eigenvalue weighted by atomic mass is 10.0. The largest absolute Gasteiger partial charge is 0.491 e. The minimum Gasteiger partial charge on any atom is -0.491 e. The first-order valence-corrected chi connectivity index (χ1v) is 9.24. The Morgan fingerprint density at radius 1 is 1.32 bits per heavy atom. The summed E-state index contributed by atoms with van der Waals surface area (Å²) < 4.78 is 21.4. The van der Waals surface area contributed by atoms with Gasteiger partial charge in [0.2, 0.25) is 0 Å². The fourth-order valence-corrected chi connectivity index (χ4v) is 4.00. The van der Waals surface area contributed by atoms with Crippen LogP contribution < -0.4 is 20.7 Å². The molecule has 2 aromatic heterocycles. The van der Waals surface area contributed by atoms with E-state index in [1.54, 1.807) is 12.3 Å². The zero-order valence-corrected chi connectivity index (χ0v) is 15.1. The highest BCUT2D eigenvalue weighted by atomic mass is 19.1. The van der Waals surface area contributed by atoms with E-state index in [2.05, 4.69) is 20.3 Å². The molecule has 5 rings (SSSR count). The molecule has 4 heterocycles. The second kappa shape index (κ2) is 6.36. The summed E-state index contributed by atoms with van der Waals surface area (Å²) in [6, 6.07) is 6.33. The van der Waals surface area contributed by atoms with Crippen LogP contribution in [0.3, 0.4) is 0 Å². The maximum absolute atomic E-state index is 14.0. The first kappa shape index (κ1) is 16.8. The molecule has 2 aliphatic rings. The molecule has 1 aromatic carbocycles. The first-order valence-electron chi connectivity index (χ1n) is 9.24. The molecule has 1 amide bonds. The molecular weight excluding hydrogens is 363 g/mol. The number of rotatable bonds is 0. The summed E-state index contributed by atoms with van der Waals surface area (Å²) >= 11 is 0. The van der Waals surface area contributed by atoms with Crippen molar-refractivity contribution in [2.75, 3.05) is 30.3 Å². The van der Waals surface area contributed by atoms with Gasteiger partial charge in [0.15, 0.2) is 11.5 Å². The highest BCUT2D eigenvalue weighted by Crippen LogP contribution is 2.40. The molecule has 1 fully saturated rings. The maximum Gasteiger partial charge on any atom is 0.259 e. The standard InChI is InChI=1S/C19H19FN6O2/c20-11-3-4-14-12(10-11)13-2-1-7-25(13)15-5-8-26-18(23-15)16(17(21)24-26)19(27)22-6-9-28-14/h3-5,8,10,13H,1-2,6-7,9H2,(H2,21,24)(H,22,27)/t13-/m0/s1. The van der Waals surface area contributed by atoms with Crippen LogP contribution in [0.4, 0.5) is 16.0 Å². The third-order valence-electron chi connectivity index (χ3n) is 5.25. The van der Waals surface area contributed by atoms with Gasteiger partial charge >= 0.3 is 0 Å². The summed E-state index contributed by atoms with van der Waals surface area (Å²) in [6.07, 6.45) is 3.54. The van der Waals surface area contributed by atoms with Crippen molar-refractivity contribution in [1.29, 1.82) is 0 Å². The normalized spacial score (nSPS) is 19.2. The van der Waals surface area contributed by atoms with Crippen LogP contribution in [0, 0.1) is 5.82 Å². The molecule has 1 saturated heterocycles. The number of nitrogens with two attached hydrogens (primary N) is 1. The van der Waals surface area contributed by atoms with Crippen LogP contribution in [0.1, 0.15) is 34.8 Å². The number of aromatic nitrogens is 3. The van der Waals surface area contributed by atoms with Crippen molar-refractivity contribution in [3.63, 3.8) is 0 Å². The van der Waals surface area contributed by atoms with E-state index in [1.165, 1.54) is 16.6 Å². The molecule has 8 nitrogen and oxygen atoms in total. The predicted octanol–water partition coefficient (Wildman–Crippen LogP) is 1.91. The Balaban J connectivity index is 1.69. The smallest absolute Gasteiger partial charge is 0.259 e. The number of anilines is 2. The minimum absolute atomic E-state index is 0.0613. The van der Waals surface area contributed by atoms with Gasteiger partial charge in [0.05, 0.1) is 12.6 Å². The lowest BCUT2D eigenvalue weighted by Gasteiger charge is -2.27. The van der Waals surface area contributed by atoms with Gasteiger partial charge in [0.1, 0.15) is 29.6 Å². The van der Waals surface area contributed by atoms with E-state index < -0.39 is 0 Å². The highest BCUT2D eigenvalue weighted by Gasteiger charge is 2.31. The molecule has 0 saturated carbocycles. The Morgan fingerprint density at radius 2 is 2.21 bits per heavy atom. The number of nitrogens with zero attached hydrogens (tertiary/aromatic N) is 4. The van der Waals surface area contributed by atoms with Crippen LogP contribution >= 0.6 is 0 Å². The number of nitrogens with one attached hydrogen (secondary N) is 1. The number of benzene rings is 1. The zero-order chi connectivity index (χ0) is 19.3. The number of halogens is 1. The molecule has 0 unspecified atom stereocenters. The third-order valence-corrected chi connectivity index (χ3v) is 5.25. The molecule has 1 atom stereocenters. The van der Waals surface area contributed by atoms with E-state index in [1.807, 2.05) is 6.07 Å². The minimum atomic E-state index is -0.350. The van der Waals surface area contributed by atoms with Crippen LogP contribution in [0.5, 0.6) is 5.75 Å². The van der Waals surface area contributed by atoms with E-state index >= 15 is 0 Å². The second-order valence-corrected chi connectivity index (χ2v) is 6.95. The van der Waals surface area contributed by atoms with E-state index in [-0.39, 0.29) is 42.3 Å². The van der Waals surface area contributed by atoms with Gasteiger partial charge in [0, 0.05) is 18.3 Å². The SMILES string of the molecule is Nc1nn2ccc3nc2c1C(=O)NCCOc1ccc(F)cc1[C@@H]1CCCN31. The molecule has 0 spiro atoms. The number of fused-ring (bicyclic) bond motifs is 5. The van der Waals surface area contributed by atoms with Crippen LogP contribution in [-0.4, -0.2) is 40.2 Å². The summed E-state index contributed by atoms with van der Waals surface area (Å²) in [5, 5.41) is 6.97. The second-order valence-electron chi connectivity index (χ2n) is 6.95. The molecule has 0 radical (unpaired) electrons. The quantitative estimate of drug-likeness (QED) is 0.616. The fourth-order valence-electron chi connectivity index (χ4n) is 4.00. The summed E-state index contributed by atoms with van der Waals surface area (Å²) in [6.45, 7) is 1.31. The van der Waals surface area contributed by atoms with E-state index in [0.717, 1.165) is 24.9 Å². The van der Waals surface area contributed by atoms with E-state index in [9.17, 15) is 9.18 Å². The van der Waals surface area contributed by atoms with Crippen molar-refractivity contribution in [2.45, 2.75) is 18.9 Å². The number of hydrogen-bond donors (Lipinski definition) is 2. The van der Waals surface area contributed by atoms with E-state index in [0.29, 0.717) is 17.2 Å². The lowest BCUT2D eigenvalue weighted by molar-refractivity contribution is 0.0949. The van der Waals surface area contributed by atoms with Gasteiger partial charge in [-0.05, 0) is 37.1 Å². The Morgan fingerprint density at radius 3 is 3.11 bits per heavy atom. The van der Waals surface area contributed by atoms with Gasteiger partial charge in [-0.3, -0.25) is 4.79 Å². The van der Waals surface area contributed by atoms with Gasteiger partial charge in [-0.1, -0.05) is 0 Å². The number of carbonyl (C=O) groups excluding carboxylic acids is 1. The van der Waals surface area contributed by atoms with Crippen molar-refractivity contribution in [3.05, 3.63) is 47.4 Å². The monoisotopic (exact) mass is 382 g/mol. The van der Waals surface area contributed by atoms with Gasteiger partial charge in [0.25, 0.3) is 5.91 Å². The Bertz CT molecular complexity index is 1080. The average molecular weight is 382 g/mol. The van der Waals surface area contributed by atoms with Gasteiger partial charge in [-0.2, -0.15) is 0 Å². The van der Waals surface area contributed by atoms with Crippen LogP contribution in [0.2, 0.25) is 0 Å². The van der Waals surface area contributed by atoms with Crippen molar-refractivity contribution in [3.8, 4) is 5.75 Å². The van der Waals surface area contributed by atoms with Gasteiger partial charge in [-0.15, -0.1) is 5.10 Å². The first-order chi connectivity index (χ1) is 13.6. The Kier molecular flexibility index (Phi) is 3.81. The summed E-state index contributed by atoms with van der Waals surface area (Å²) in [5.74, 6) is 0.786. The van der Waals surface area contributed by atoms with Gasteiger partial charge in [-0.25, -0.2) is 13.9 Å². The summed E-state index contributed by atoms with van der Waals surface area (Å²) in [7, 11) is 0. The molecule has 2 bridgehead atoms. The number of hydrogen-bond acceptors (Lipinski definition) is 6. The third kappa shape index (κ3) is 2.62. The molecule has 0 aliphatic carbocycles. The molecule has 3 aromatic rings. The molecular formula is C19H19FN6O2. The number of ether oxygens (including phenoxy) is 1. The highest BCUT2D eigenvalue weighted by molar-refractivity contribution is 6.04. The van der Waals surface area contributed by atoms with Crippen LogP contribution in [0.15, 0.2) is 30.5 Å². The molecule has 2 aliphatic heterocycles. The van der Waals surface area contributed by atoms with Gasteiger partial charge < -0.3 is 20.7 Å². The topological polar surface area (TPSA) is 97.8 Å². The average Bonchev–Trinajstić information content (AvgIpc) is 3.28.